The van der Waals surface area contributed by atoms with E-state index in [0.29, 0.717) is 6.04 Å². The fourth-order valence-electron chi connectivity index (χ4n) is 3.41. The molecule has 2 atom stereocenters. The van der Waals surface area contributed by atoms with Gasteiger partial charge in [-0.3, -0.25) is 4.99 Å². The van der Waals surface area contributed by atoms with Crippen LogP contribution in [0.4, 0.5) is 0 Å². The van der Waals surface area contributed by atoms with Gasteiger partial charge in [0.2, 0.25) is 0 Å². The number of fused-ring (bicyclic) bond motifs is 1. The highest BCUT2D eigenvalue weighted by Crippen LogP contribution is 2.41. The Morgan fingerprint density at radius 2 is 1.89 bits per heavy atom. The number of aliphatic imine (C=N–C) groups is 1. The molecule has 0 amide bonds. The van der Waals surface area contributed by atoms with Crippen LogP contribution in [-0.4, -0.2) is 21.4 Å². The largest absolute Gasteiger partial charge is 0.267 e. The maximum Gasteiger partial charge on any atom is 0.125 e. The van der Waals surface area contributed by atoms with Gasteiger partial charge in [0, 0.05) is 11.0 Å². The third-order valence-corrected chi connectivity index (χ3v) is 7.56. The van der Waals surface area contributed by atoms with Crippen molar-refractivity contribution in [3.8, 4) is 0 Å². The zero-order valence-corrected chi connectivity index (χ0v) is 13.1. The van der Waals surface area contributed by atoms with Crippen LogP contribution in [0.25, 0.3) is 0 Å². The highest BCUT2D eigenvalue weighted by molar-refractivity contribution is 8.39. The Morgan fingerprint density at radius 3 is 2.67 bits per heavy atom. The summed E-state index contributed by atoms with van der Waals surface area (Å²) in [6.07, 6.45) is 11.4. The van der Waals surface area contributed by atoms with E-state index in [1.54, 1.807) is 0 Å². The van der Waals surface area contributed by atoms with Gasteiger partial charge < -0.3 is 0 Å². The molecule has 3 heteroatoms. The van der Waals surface area contributed by atoms with Gasteiger partial charge in [-0.25, -0.2) is 0 Å². The van der Waals surface area contributed by atoms with Gasteiger partial charge in [0.25, 0.3) is 0 Å². The van der Waals surface area contributed by atoms with E-state index < -0.39 is 0 Å². The fraction of sp³-hybridized carbons (Fsp3) is 0.933. The van der Waals surface area contributed by atoms with Crippen LogP contribution in [0.1, 0.15) is 58.3 Å². The van der Waals surface area contributed by atoms with E-state index in [1.807, 2.05) is 0 Å². The van der Waals surface area contributed by atoms with Crippen LogP contribution in [0.5, 0.6) is 0 Å². The molecule has 0 bridgehead atoms. The zero-order valence-electron chi connectivity index (χ0n) is 11.4. The number of thioether (sulfide) groups is 2. The van der Waals surface area contributed by atoms with E-state index in [1.165, 1.54) is 61.5 Å². The molecule has 1 nitrogen and oxygen atoms in total. The van der Waals surface area contributed by atoms with Crippen molar-refractivity contribution in [1.29, 1.82) is 0 Å². The lowest BCUT2D eigenvalue weighted by Gasteiger charge is -2.25. The Balaban J connectivity index is 1.43. The highest BCUT2D eigenvalue weighted by atomic mass is 32.2. The lowest BCUT2D eigenvalue weighted by atomic mass is 9.84. The molecule has 1 heterocycles. The lowest BCUT2D eigenvalue weighted by Crippen LogP contribution is -2.21. The molecule has 102 valence electrons. The van der Waals surface area contributed by atoms with Crippen molar-refractivity contribution in [2.24, 2.45) is 16.8 Å². The molecule has 1 aliphatic heterocycles. The van der Waals surface area contributed by atoms with Crippen molar-refractivity contribution >= 4 is 27.9 Å². The second kappa shape index (κ2) is 6.21. The molecule has 18 heavy (non-hydrogen) atoms. The normalized spacial score (nSPS) is 40.4. The van der Waals surface area contributed by atoms with E-state index in [0.717, 1.165) is 17.1 Å². The molecule has 0 saturated heterocycles. The number of rotatable bonds is 2. The SMILES string of the molecule is CC1CCC(CSC2=NC3CCCCC3S2)CC1. The average molecular weight is 284 g/mol. The highest BCUT2D eigenvalue weighted by Gasteiger charge is 2.32. The molecule has 2 unspecified atom stereocenters. The van der Waals surface area contributed by atoms with Crippen molar-refractivity contribution in [2.45, 2.75) is 69.6 Å². The second-order valence-electron chi connectivity index (χ2n) is 6.34. The third-order valence-electron chi connectivity index (χ3n) is 4.77. The van der Waals surface area contributed by atoms with Crippen molar-refractivity contribution in [3.63, 3.8) is 0 Å². The first-order valence-corrected chi connectivity index (χ1v) is 9.55. The van der Waals surface area contributed by atoms with Gasteiger partial charge in [0.15, 0.2) is 0 Å². The van der Waals surface area contributed by atoms with Gasteiger partial charge in [0.1, 0.15) is 4.38 Å². The summed E-state index contributed by atoms with van der Waals surface area (Å²) in [6, 6.07) is 0.678. The van der Waals surface area contributed by atoms with Gasteiger partial charge in [-0.2, -0.15) is 0 Å². The van der Waals surface area contributed by atoms with Crippen LogP contribution in [0.15, 0.2) is 4.99 Å². The molecular formula is C15H25NS2. The van der Waals surface area contributed by atoms with Crippen LogP contribution in [0.2, 0.25) is 0 Å². The second-order valence-corrected chi connectivity index (χ2v) is 8.84. The van der Waals surface area contributed by atoms with E-state index in [2.05, 4.69) is 30.4 Å². The van der Waals surface area contributed by atoms with Gasteiger partial charge in [-0.05, 0) is 37.5 Å². The van der Waals surface area contributed by atoms with Crippen molar-refractivity contribution in [2.75, 3.05) is 5.75 Å². The predicted molar refractivity (Wildman–Crippen MR) is 84.7 cm³/mol. The summed E-state index contributed by atoms with van der Waals surface area (Å²) in [4.78, 5) is 4.95. The average Bonchev–Trinajstić information content (AvgIpc) is 2.81. The first-order chi connectivity index (χ1) is 8.81. The molecule has 0 spiro atoms. The quantitative estimate of drug-likeness (QED) is 0.710. The lowest BCUT2D eigenvalue weighted by molar-refractivity contribution is 0.312. The molecule has 0 N–H and O–H groups in total. The Hall–Kier alpha value is 0.370. The molecule has 0 aromatic carbocycles. The minimum absolute atomic E-state index is 0.678. The fourth-order valence-corrected chi connectivity index (χ4v) is 6.28. The summed E-state index contributed by atoms with van der Waals surface area (Å²) in [5.74, 6) is 3.28. The van der Waals surface area contributed by atoms with Gasteiger partial charge >= 0.3 is 0 Å². The van der Waals surface area contributed by atoms with Crippen LogP contribution in [-0.2, 0) is 0 Å². The minimum Gasteiger partial charge on any atom is -0.267 e. The molecule has 3 rings (SSSR count). The smallest absolute Gasteiger partial charge is 0.125 e. The molecule has 0 aromatic heterocycles. The van der Waals surface area contributed by atoms with Gasteiger partial charge in [0.05, 0.1) is 6.04 Å². The van der Waals surface area contributed by atoms with Crippen LogP contribution < -0.4 is 0 Å². The molecule has 2 aliphatic carbocycles. The minimum atomic E-state index is 0.678. The summed E-state index contributed by atoms with van der Waals surface area (Å²) < 4.78 is 1.42. The number of hydrogen-bond acceptors (Lipinski definition) is 3. The van der Waals surface area contributed by atoms with Crippen molar-refractivity contribution in [1.82, 2.24) is 0 Å². The monoisotopic (exact) mass is 283 g/mol. The number of hydrogen-bond donors (Lipinski definition) is 0. The molecule has 2 saturated carbocycles. The van der Waals surface area contributed by atoms with E-state index >= 15 is 0 Å². The Kier molecular flexibility index (Phi) is 4.61. The van der Waals surface area contributed by atoms with Crippen molar-refractivity contribution in [3.05, 3.63) is 0 Å². The standard InChI is InChI=1S/C15H25NS2/c1-11-6-8-12(9-7-11)10-17-15-16-13-4-2-3-5-14(13)18-15/h11-14H,2-10H2,1H3. The Bertz CT molecular complexity index is 308. The maximum absolute atomic E-state index is 4.95. The van der Waals surface area contributed by atoms with E-state index in [-0.39, 0.29) is 0 Å². The summed E-state index contributed by atoms with van der Waals surface area (Å²) in [7, 11) is 0. The van der Waals surface area contributed by atoms with Crippen LogP contribution >= 0.6 is 23.5 Å². The van der Waals surface area contributed by atoms with Crippen LogP contribution in [0.3, 0.4) is 0 Å². The Morgan fingerprint density at radius 1 is 1.11 bits per heavy atom. The third kappa shape index (κ3) is 3.27. The first kappa shape index (κ1) is 13.4. The van der Waals surface area contributed by atoms with E-state index in [9.17, 15) is 0 Å². The molecule has 0 aromatic rings. The van der Waals surface area contributed by atoms with Gasteiger partial charge in [-0.15, -0.1) is 0 Å². The summed E-state index contributed by atoms with van der Waals surface area (Å²) >= 11 is 4.17. The maximum atomic E-state index is 4.95. The summed E-state index contributed by atoms with van der Waals surface area (Å²) in [5, 5.41) is 0.840. The molecule has 0 radical (unpaired) electrons. The summed E-state index contributed by atoms with van der Waals surface area (Å²) in [6.45, 7) is 2.41. The Labute approximate surface area is 120 Å². The van der Waals surface area contributed by atoms with Crippen LogP contribution in [0, 0.1) is 11.8 Å². The van der Waals surface area contributed by atoms with E-state index in [4.69, 9.17) is 4.99 Å². The molecule has 2 fully saturated rings. The van der Waals surface area contributed by atoms with Gasteiger partial charge in [-0.1, -0.05) is 56.1 Å². The predicted octanol–water partition coefficient (Wildman–Crippen LogP) is 4.96. The number of nitrogens with zero attached hydrogens (tertiary/aromatic N) is 1. The molecular weight excluding hydrogens is 258 g/mol. The van der Waals surface area contributed by atoms with Crippen molar-refractivity contribution < 1.29 is 0 Å². The first-order valence-electron chi connectivity index (χ1n) is 7.68. The molecule has 3 aliphatic rings. The zero-order chi connectivity index (χ0) is 12.4. The topological polar surface area (TPSA) is 12.4 Å². The summed E-state index contributed by atoms with van der Waals surface area (Å²) in [5.41, 5.74) is 0.